The van der Waals surface area contributed by atoms with E-state index in [1.165, 1.54) is 0 Å². The summed E-state index contributed by atoms with van der Waals surface area (Å²) >= 11 is 0. The molecule has 2 aromatic rings. The highest BCUT2D eigenvalue weighted by atomic mass is 16.5. The molecule has 0 aliphatic rings. The molecule has 0 heterocycles. The van der Waals surface area contributed by atoms with Gasteiger partial charge in [-0.25, -0.2) is 0 Å². The van der Waals surface area contributed by atoms with E-state index in [4.69, 9.17) is 9.84 Å². The molecule has 0 atom stereocenters. The van der Waals surface area contributed by atoms with Gasteiger partial charge in [-0.2, -0.15) is 0 Å². The standard InChI is InChI=1S/C16H17NO3/c18-16(19)11-17-10-14-8-4-5-9-15(14)20-12-13-6-2-1-3-7-13/h1-9,17H,10-12H2,(H,18,19). The monoisotopic (exact) mass is 271 g/mol. The Labute approximate surface area is 118 Å². The molecule has 20 heavy (non-hydrogen) atoms. The number of rotatable bonds is 7. The number of para-hydroxylation sites is 1. The van der Waals surface area contributed by atoms with Crippen molar-refractivity contribution in [3.05, 3.63) is 65.7 Å². The maximum absolute atomic E-state index is 10.5. The van der Waals surface area contributed by atoms with Gasteiger partial charge in [-0.05, 0) is 11.6 Å². The topological polar surface area (TPSA) is 58.6 Å². The number of hydrogen-bond donors (Lipinski definition) is 2. The Morgan fingerprint density at radius 1 is 1.05 bits per heavy atom. The lowest BCUT2D eigenvalue weighted by Gasteiger charge is -2.11. The van der Waals surface area contributed by atoms with Gasteiger partial charge in [0.2, 0.25) is 0 Å². The SMILES string of the molecule is O=C(O)CNCc1ccccc1OCc1ccccc1. The van der Waals surface area contributed by atoms with Gasteiger partial charge in [0.25, 0.3) is 0 Å². The number of hydrogen-bond acceptors (Lipinski definition) is 3. The number of ether oxygens (including phenoxy) is 1. The molecular formula is C16H17NO3. The van der Waals surface area contributed by atoms with Gasteiger partial charge in [-0.15, -0.1) is 0 Å². The number of aliphatic carboxylic acids is 1. The van der Waals surface area contributed by atoms with Gasteiger partial charge in [0, 0.05) is 12.1 Å². The number of carbonyl (C=O) groups is 1. The minimum Gasteiger partial charge on any atom is -0.489 e. The summed E-state index contributed by atoms with van der Waals surface area (Å²) in [5, 5.41) is 11.5. The third-order valence-corrected chi connectivity index (χ3v) is 2.80. The van der Waals surface area contributed by atoms with E-state index in [1.54, 1.807) is 0 Å². The highest BCUT2D eigenvalue weighted by Gasteiger charge is 2.04. The van der Waals surface area contributed by atoms with Crippen LogP contribution in [0.15, 0.2) is 54.6 Å². The summed E-state index contributed by atoms with van der Waals surface area (Å²) in [5.74, 6) is -0.0954. The zero-order valence-corrected chi connectivity index (χ0v) is 11.1. The van der Waals surface area contributed by atoms with Gasteiger partial charge in [0.05, 0.1) is 6.54 Å². The predicted octanol–water partition coefficient (Wildman–Crippen LogP) is 2.44. The van der Waals surface area contributed by atoms with Crippen LogP contribution in [0.25, 0.3) is 0 Å². The van der Waals surface area contributed by atoms with Crippen LogP contribution >= 0.6 is 0 Å². The van der Waals surface area contributed by atoms with Crippen LogP contribution in [0, 0.1) is 0 Å². The zero-order chi connectivity index (χ0) is 14.2. The van der Waals surface area contributed by atoms with Crippen molar-refractivity contribution in [1.82, 2.24) is 5.32 Å². The van der Waals surface area contributed by atoms with E-state index in [0.29, 0.717) is 13.2 Å². The molecule has 2 rings (SSSR count). The highest BCUT2D eigenvalue weighted by Crippen LogP contribution is 2.19. The molecule has 0 aliphatic heterocycles. The van der Waals surface area contributed by atoms with E-state index in [0.717, 1.165) is 16.9 Å². The molecule has 0 unspecified atom stereocenters. The Kier molecular flexibility index (Phi) is 5.15. The van der Waals surface area contributed by atoms with Crippen LogP contribution in [0.3, 0.4) is 0 Å². The van der Waals surface area contributed by atoms with Crippen LogP contribution in [0.1, 0.15) is 11.1 Å². The lowest BCUT2D eigenvalue weighted by molar-refractivity contribution is -0.136. The van der Waals surface area contributed by atoms with Crippen LogP contribution in [-0.4, -0.2) is 17.6 Å². The molecule has 4 nitrogen and oxygen atoms in total. The van der Waals surface area contributed by atoms with Crippen LogP contribution in [0.2, 0.25) is 0 Å². The summed E-state index contributed by atoms with van der Waals surface area (Å²) in [7, 11) is 0. The molecule has 2 aromatic carbocycles. The third kappa shape index (κ3) is 4.40. The van der Waals surface area contributed by atoms with E-state index in [2.05, 4.69) is 5.32 Å². The number of benzene rings is 2. The molecule has 0 saturated carbocycles. The van der Waals surface area contributed by atoms with Gasteiger partial charge < -0.3 is 15.2 Å². The second-order valence-corrected chi connectivity index (χ2v) is 4.38. The fourth-order valence-electron chi connectivity index (χ4n) is 1.83. The molecular weight excluding hydrogens is 254 g/mol. The lowest BCUT2D eigenvalue weighted by atomic mass is 10.2. The molecule has 0 spiro atoms. The minimum absolute atomic E-state index is 0.0625. The first-order valence-corrected chi connectivity index (χ1v) is 6.43. The van der Waals surface area contributed by atoms with Crippen molar-refractivity contribution in [2.24, 2.45) is 0 Å². The maximum atomic E-state index is 10.5. The van der Waals surface area contributed by atoms with E-state index in [1.807, 2.05) is 54.6 Å². The van der Waals surface area contributed by atoms with Crippen molar-refractivity contribution in [3.63, 3.8) is 0 Å². The second kappa shape index (κ2) is 7.31. The summed E-state index contributed by atoms with van der Waals surface area (Å²) < 4.78 is 5.79. The molecule has 0 aromatic heterocycles. The van der Waals surface area contributed by atoms with E-state index in [-0.39, 0.29) is 6.54 Å². The smallest absolute Gasteiger partial charge is 0.317 e. The fraction of sp³-hybridized carbons (Fsp3) is 0.188. The largest absolute Gasteiger partial charge is 0.489 e. The van der Waals surface area contributed by atoms with Gasteiger partial charge in [-0.1, -0.05) is 48.5 Å². The quantitative estimate of drug-likeness (QED) is 0.812. The van der Waals surface area contributed by atoms with Crippen molar-refractivity contribution in [2.75, 3.05) is 6.54 Å². The molecule has 104 valence electrons. The maximum Gasteiger partial charge on any atom is 0.317 e. The second-order valence-electron chi connectivity index (χ2n) is 4.38. The molecule has 2 N–H and O–H groups in total. The first-order chi connectivity index (χ1) is 9.75. The molecule has 0 aliphatic carbocycles. The predicted molar refractivity (Wildman–Crippen MR) is 76.6 cm³/mol. The van der Waals surface area contributed by atoms with Crippen LogP contribution < -0.4 is 10.1 Å². The van der Waals surface area contributed by atoms with Gasteiger partial charge in [0.1, 0.15) is 12.4 Å². The Morgan fingerprint density at radius 3 is 2.50 bits per heavy atom. The Bertz CT molecular complexity index is 555. The Morgan fingerprint density at radius 2 is 1.75 bits per heavy atom. The summed E-state index contributed by atoms with van der Waals surface area (Å²) in [6, 6.07) is 17.5. The molecule has 0 bridgehead atoms. The first kappa shape index (κ1) is 14.1. The van der Waals surface area contributed by atoms with Gasteiger partial charge in [-0.3, -0.25) is 4.79 Å². The molecule has 0 saturated heterocycles. The minimum atomic E-state index is -0.868. The lowest BCUT2D eigenvalue weighted by Crippen LogP contribution is -2.22. The van der Waals surface area contributed by atoms with Crippen LogP contribution in [-0.2, 0) is 17.9 Å². The van der Waals surface area contributed by atoms with Crippen molar-refractivity contribution >= 4 is 5.97 Å². The van der Waals surface area contributed by atoms with Gasteiger partial charge in [0.15, 0.2) is 0 Å². The van der Waals surface area contributed by atoms with E-state index in [9.17, 15) is 4.79 Å². The van der Waals surface area contributed by atoms with E-state index < -0.39 is 5.97 Å². The summed E-state index contributed by atoms with van der Waals surface area (Å²) in [6.45, 7) is 0.904. The van der Waals surface area contributed by atoms with Gasteiger partial charge >= 0.3 is 5.97 Å². The van der Waals surface area contributed by atoms with Crippen molar-refractivity contribution in [2.45, 2.75) is 13.2 Å². The summed E-state index contributed by atoms with van der Waals surface area (Å²) in [4.78, 5) is 10.5. The van der Waals surface area contributed by atoms with E-state index >= 15 is 0 Å². The fourth-order valence-corrected chi connectivity index (χ4v) is 1.83. The third-order valence-electron chi connectivity index (χ3n) is 2.80. The summed E-state index contributed by atoms with van der Waals surface area (Å²) in [5.41, 5.74) is 2.05. The number of nitrogens with one attached hydrogen (secondary N) is 1. The number of carboxylic acid groups (broad SMARTS) is 1. The zero-order valence-electron chi connectivity index (χ0n) is 11.1. The Balaban J connectivity index is 1.95. The average molecular weight is 271 g/mol. The first-order valence-electron chi connectivity index (χ1n) is 6.43. The van der Waals surface area contributed by atoms with Crippen molar-refractivity contribution in [3.8, 4) is 5.75 Å². The highest BCUT2D eigenvalue weighted by molar-refractivity contribution is 5.69. The summed E-state index contributed by atoms with van der Waals surface area (Å²) in [6.07, 6.45) is 0. The molecule has 0 radical (unpaired) electrons. The van der Waals surface area contributed by atoms with Crippen LogP contribution in [0.5, 0.6) is 5.75 Å². The number of carboxylic acids is 1. The molecule has 0 fully saturated rings. The Hall–Kier alpha value is -2.33. The molecule has 0 amide bonds. The average Bonchev–Trinajstić information content (AvgIpc) is 2.47. The van der Waals surface area contributed by atoms with Crippen LogP contribution in [0.4, 0.5) is 0 Å². The normalized spacial score (nSPS) is 10.2. The van der Waals surface area contributed by atoms with Crippen molar-refractivity contribution in [1.29, 1.82) is 0 Å². The van der Waals surface area contributed by atoms with Crippen molar-refractivity contribution < 1.29 is 14.6 Å². The molecule has 4 heteroatoms.